The van der Waals surface area contributed by atoms with Crippen molar-refractivity contribution < 1.29 is 4.74 Å². The van der Waals surface area contributed by atoms with Crippen molar-refractivity contribution in [3.8, 4) is 0 Å². The summed E-state index contributed by atoms with van der Waals surface area (Å²) in [6.45, 7) is 7.41. The Morgan fingerprint density at radius 1 is 1.14 bits per heavy atom. The minimum atomic E-state index is 0.294. The second kappa shape index (κ2) is 7.95. The van der Waals surface area contributed by atoms with Gasteiger partial charge in [-0.15, -0.1) is 0 Å². The van der Waals surface area contributed by atoms with Crippen LogP contribution in [0.5, 0.6) is 0 Å². The fourth-order valence-electron chi connectivity index (χ4n) is 3.64. The zero-order valence-electron chi connectivity index (χ0n) is 14.1. The predicted octanol–water partition coefficient (Wildman–Crippen LogP) is 4.55. The molecule has 1 aromatic carbocycles. The third-order valence-corrected chi connectivity index (χ3v) is 4.84. The van der Waals surface area contributed by atoms with Crippen LogP contribution in [-0.2, 0) is 4.74 Å². The molecule has 1 aliphatic rings. The van der Waals surface area contributed by atoms with Crippen molar-refractivity contribution in [1.29, 1.82) is 0 Å². The molecule has 0 saturated heterocycles. The largest absolute Gasteiger partial charge is 0.376 e. The van der Waals surface area contributed by atoms with Crippen LogP contribution < -0.4 is 5.32 Å². The number of aryl methyl sites for hydroxylation is 2. The average molecular weight is 289 g/mol. The van der Waals surface area contributed by atoms with Crippen molar-refractivity contribution >= 4 is 0 Å². The Morgan fingerprint density at radius 2 is 1.81 bits per heavy atom. The van der Waals surface area contributed by atoms with Crippen LogP contribution in [0.15, 0.2) is 18.2 Å². The molecule has 0 bridgehead atoms. The van der Waals surface area contributed by atoms with Gasteiger partial charge in [-0.1, -0.05) is 55.5 Å². The number of hydrogen-bond donors (Lipinski definition) is 1. The molecule has 0 spiro atoms. The van der Waals surface area contributed by atoms with E-state index in [0.717, 1.165) is 12.5 Å². The summed E-state index contributed by atoms with van der Waals surface area (Å²) >= 11 is 0. The molecule has 1 aliphatic carbocycles. The Labute approximate surface area is 130 Å². The van der Waals surface area contributed by atoms with E-state index in [2.05, 4.69) is 44.3 Å². The zero-order chi connectivity index (χ0) is 15.2. The number of hydrogen-bond acceptors (Lipinski definition) is 2. The van der Waals surface area contributed by atoms with Crippen molar-refractivity contribution in [3.05, 3.63) is 34.9 Å². The molecule has 0 aliphatic heterocycles. The second-order valence-corrected chi connectivity index (χ2v) is 6.59. The lowest BCUT2D eigenvalue weighted by molar-refractivity contribution is -0.0210. The van der Waals surface area contributed by atoms with Crippen LogP contribution in [0.1, 0.15) is 61.8 Å². The highest BCUT2D eigenvalue weighted by molar-refractivity contribution is 5.30. The molecule has 3 unspecified atom stereocenters. The second-order valence-electron chi connectivity index (χ2n) is 6.59. The molecule has 0 radical (unpaired) electrons. The first kappa shape index (κ1) is 16.5. The summed E-state index contributed by atoms with van der Waals surface area (Å²) in [6, 6.07) is 7.07. The summed E-state index contributed by atoms with van der Waals surface area (Å²) in [4.78, 5) is 0. The minimum Gasteiger partial charge on any atom is -0.376 e. The average Bonchev–Trinajstić information content (AvgIpc) is 2.47. The lowest BCUT2D eigenvalue weighted by atomic mass is 9.85. The van der Waals surface area contributed by atoms with E-state index in [9.17, 15) is 0 Å². The van der Waals surface area contributed by atoms with Gasteiger partial charge >= 0.3 is 0 Å². The third-order valence-electron chi connectivity index (χ3n) is 4.84. The Bertz CT molecular complexity index is 423. The molecule has 118 valence electrons. The maximum absolute atomic E-state index is 6.31. The number of benzene rings is 1. The molecule has 1 aromatic rings. The van der Waals surface area contributed by atoms with Gasteiger partial charge in [0, 0.05) is 0 Å². The van der Waals surface area contributed by atoms with E-state index in [-0.39, 0.29) is 0 Å². The van der Waals surface area contributed by atoms with Gasteiger partial charge < -0.3 is 10.1 Å². The maximum Gasteiger partial charge on any atom is 0.0665 e. The molecule has 0 aromatic heterocycles. The summed E-state index contributed by atoms with van der Waals surface area (Å²) in [6.07, 6.45) is 7.00. The highest BCUT2D eigenvalue weighted by atomic mass is 16.5. The van der Waals surface area contributed by atoms with Gasteiger partial charge in [0.25, 0.3) is 0 Å². The summed E-state index contributed by atoms with van der Waals surface area (Å²) < 4.78 is 6.31. The van der Waals surface area contributed by atoms with Crippen molar-refractivity contribution in [2.45, 2.75) is 65.0 Å². The van der Waals surface area contributed by atoms with Gasteiger partial charge in [0.05, 0.1) is 18.8 Å². The van der Waals surface area contributed by atoms with Gasteiger partial charge in [-0.3, -0.25) is 0 Å². The van der Waals surface area contributed by atoms with E-state index in [4.69, 9.17) is 4.74 Å². The summed E-state index contributed by atoms with van der Waals surface area (Å²) in [7, 11) is 2.03. The molecule has 2 nitrogen and oxygen atoms in total. The fourth-order valence-corrected chi connectivity index (χ4v) is 3.64. The van der Waals surface area contributed by atoms with Crippen LogP contribution in [0.3, 0.4) is 0 Å². The van der Waals surface area contributed by atoms with Crippen LogP contribution in [0.25, 0.3) is 0 Å². The van der Waals surface area contributed by atoms with Gasteiger partial charge in [0.2, 0.25) is 0 Å². The van der Waals surface area contributed by atoms with Crippen molar-refractivity contribution in [1.82, 2.24) is 5.32 Å². The van der Waals surface area contributed by atoms with E-state index in [1.807, 2.05) is 7.05 Å². The van der Waals surface area contributed by atoms with Gasteiger partial charge in [-0.2, -0.15) is 0 Å². The summed E-state index contributed by atoms with van der Waals surface area (Å²) in [5, 5.41) is 3.42. The highest BCUT2D eigenvalue weighted by Gasteiger charge is 2.25. The van der Waals surface area contributed by atoms with Gasteiger partial charge in [0.15, 0.2) is 0 Å². The SMILES string of the molecule is CCC1CCCCC1OCC(NC)c1cc(C)cc(C)c1. The molecular formula is C19H31NO. The van der Waals surface area contributed by atoms with Crippen LogP contribution >= 0.6 is 0 Å². The third kappa shape index (κ3) is 4.55. The first-order valence-corrected chi connectivity index (χ1v) is 8.51. The molecule has 1 fully saturated rings. The topological polar surface area (TPSA) is 21.3 Å². The van der Waals surface area contributed by atoms with E-state index in [1.54, 1.807) is 0 Å². The fraction of sp³-hybridized carbons (Fsp3) is 0.684. The van der Waals surface area contributed by atoms with Crippen LogP contribution in [0, 0.1) is 19.8 Å². The zero-order valence-corrected chi connectivity index (χ0v) is 14.1. The predicted molar refractivity (Wildman–Crippen MR) is 89.7 cm³/mol. The molecule has 2 heteroatoms. The molecule has 2 rings (SSSR count). The number of rotatable bonds is 6. The Kier molecular flexibility index (Phi) is 6.25. The van der Waals surface area contributed by atoms with E-state index >= 15 is 0 Å². The Balaban J connectivity index is 1.98. The lowest BCUT2D eigenvalue weighted by Crippen LogP contribution is -2.31. The van der Waals surface area contributed by atoms with E-state index in [1.165, 1.54) is 48.8 Å². The van der Waals surface area contributed by atoms with Gasteiger partial charge in [-0.25, -0.2) is 0 Å². The highest BCUT2D eigenvalue weighted by Crippen LogP contribution is 2.30. The monoisotopic (exact) mass is 289 g/mol. The Morgan fingerprint density at radius 3 is 2.43 bits per heavy atom. The first-order chi connectivity index (χ1) is 10.1. The number of nitrogens with one attached hydrogen (secondary N) is 1. The first-order valence-electron chi connectivity index (χ1n) is 8.51. The molecular weight excluding hydrogens is 258 g/mol. The normalized spacial score (nSPS) is 24.0. The van der Waals surface area contributed by atoms with E-state index in [0.29, 0.717) is 12.1 Å². The van der Waals surface area contributed by atoms with Crippen LogP contribution in [-0.4, -0.2) is 19.8 Å². The van der Waals surface area contributed by atoms with Gasteiger partial charge in [0.1, 0.15) is 0 Å². The molecule has 0 heterocycles. The molecule has 21 heavy (non-hydrogen) atoms. The number of ether oxygens (including phenoxy) is 1. The van der Waals surface area contributed by atoms with Crippen molar-refractivity contribution in [2.24, 2.45) is 5.92 Å². The molecule has 1 saturated carbocycles. The smallest absolute Gasteiger partial charge is 0.0665 e. The molecule has 1 N–H and O–H groups in total. The summed E-state index contributed by atoms with van der Waals surface area (Å²) in [5.41, 5.74) is 4.00. The van der Waals surface area contributed by atoms with Crippen LogP contribution in [0.2, 0.25) is 0 Å². The maximum atomic E-state index is 6.31. The standard InChI is InChI=1S/C19H31NO/c1-5-16-8-6-7-9-19(16)21-13-18(20-4)17-11-14(2)10-15(3)12-17/h10-12,16,18-20H,5-9,13H2,1-4H3. The van der Waals surface area contributed by atoms with Crippen LogP contribution in [0.4, 0.5) is 0 Å². The van der Waals surface area contributed by atoms with Crippen molar-refractivity contribution in [2.75, 3.05) is 13.7 Å². The quantitative estimate of drug-likeness (QED) is 0.829. The number of likely N-dealkylation sites (N-methyl/N-ethyl adjacent to an activating group) is 1. The summed E-state index contributed by atoms with van der Waals surface area (Å²) in [5.74, 6) is 0.760. The minimum absolute atomic E-state index is 0.294. The van der Waals surface area contributed by atoms with E-state index < -0.39 is 0 Å². The van der Waals surface area contributed by atoms with Crippen molar-refractivity contribution in [3.63, 3.8) is 0 Å². The molecule has 3 atom stereocenters. The van der Waals surface area contributed by atoms with Gasteiger partial charge in [-0.05, 0) is 45.2 Å². The molecule has 0 amide bonds. The Hall–Kier alpha value is -0.860. The lowest BCUT2D eigenvalue weighted by Gasteiger charge is -2.32.